The van der Waals surface area contributed by atoms with Crippen molar-refractivity contribution in [2.45, 2.75) is 56.0 Å². The van der Waals surface area contributed by atoms with Crippen molar-refractivity contribution < 1.29 is 26.4 Å². The average molecular weight is 445 g/mol. The van der Waals surface area contributed by atoms with Crippen molar-refractivity contribution in [3.63, 3.8) is 0 Å². The summed E-state index contributed by atoms with van der Waals surface area (Å²) in [5.74, 6) is 0.658. The summed E-state index contributed by atoms with van der Waals surface area (Å²) in [4.78, 5) is 13.9. The number of fused-ring (bicyclic) bond motifs is 1. The Kier molecular flexibility index (Phi) is 5.87. The van der Waals surface area contributed by atoms with Gasteiger partial charge < -0.3 is 4.90 Å². The Labute approximate surface area is 175 Å². The van der Waals surface area contributed by atoms with Crippen LogP contribution in [0.2, 0.25) is 0 Å². The molecule has 1 saturated carbocycles. The second-order valence-corrected chi connectivity index (χ2v) is 10.6. The predicted octanol–water partition coefficient (Wildman–Crippen LogP) is 4.14. The van der Waals surface area contributed by atoms with E-state index in [2.05, 4.69) is 0 Å². The fourth-order valence-electron chi connectivity index (χ4n) is 5.14. The highest BCUT2D eigenvalue weighted by molar-refractivity contribution is 7.89. The Hall–Kier alpha value is -1.61. The predicted molar refractivity (Wildman–Crippen MR) is 105 cm³/mol. The highest BCUT2D eigenvalue weighted by atomic mass is 32.2. The average Bonchev–Trinajstić information content (AvgIpc) is 3.27. The first-order valence-corrected chi connectivity index (χ1v) is 12.1. The molecule has 5 nitrogen and oxygen atoms in total. The molecule has 1 amide bonds. The van der Waals surface area contributed by atoms with E-state index in [-0.39, 0.29) is 24.6 Å². The van der Waals surface area contributed by atoms with Gasteiger partial charge in [0.25, 0.3) is 5.91 Å². The van der Waals surface area contributed by atoms with Gasteiger partial charge in [-0.1, -0.05) is 19.3 Å². The van der Waals surface area contributed by atoms with E-state index < -0.39 is 26.7 Å². The van der Waals surface area contributed by atoms with Gasteiger partial charge in [0, 0.05) is 31.7 Å². The van der Waals surface area contributed by atoms with Gasteiger partial charge in [0.1, 0.15) is 0 Å². The van der Waals surface area contributed by atoms with Gasteiger partial charge in [0.15, 0.2) is 0 Å². The second kappa shape index (κ2) is 8.15. The third-order valence-corrected chi connectivity index (χ3v) is 8.73. The summed E-state index contributed by atoms with van der Waals surface area (Å²) >= 11 is 0. The monoisotopic (exact) mass is 444 g/mol. The Morgan fingerprint density at radius 3 is 2.27 bits per heavy atom. The van der Waals surface area contributed by atoms with E-state index in [0.717, 1.165) is 41.8 Å². The van der Waals surface area contributed by atoms with E-state index in [0.29, 0.717) is 37.8 Å². The second-order valence-electron chi connectivity index (χ2n) is 8.66. The molecule has 2 heterocycles. The van der Waals surface area contributed by atoms with Gasteiger partial charge in [-0.3, -0.25) is 4.79 Å². The lowest BCUT2D eigenvalue weighted by Gasteiger charge is -2.41. The van der Waals surface area contributed by atoms with Crippen LogP contribution in [0.4, 0.5) is 13.2 Å². The molecule has 0 radical (unpaired) electrons. The van der Waals surface area contributed by atoms with Crippen LogP contribution in [0.5, 0.6) is 0 Å². The molecular formula is C21H27F3N2O3S. The SMILES string of the molecule is O=C(c1ccc(C(F)(F)F)c(S(=O)(=O)N2CCCC2)c1)N1CC[C@@H]2CCCC[C@H]2C1. The number of alkyl halides is 3. The summed E-state index contributed by atoms with van der Waals surface area (Å²) in [6.07, 6.45) is 1.92. The standard InChI is InChI=1S/C21H27F3N2O3S/c22-21(23,24)18-8-7-16(13-19(18)30(28,29)26-10-3-4-11-26)20(27)25-12-9-15-5-1-2-6-17(15)14-25/h7-8,13,15,17H,1-6,9-12,14H2/t15-,17-/m0/s1. The maximum Gasteiger partial charge on any atom is 0.417 e. The highest BCUT2D eigenvalue weighted by Gasteiger charge is 2.41. The van der Waals surface area contributed by atoms with E-state index in [9.17, 15) is 26.4 Å². The number of sulfonamides is 1. The summed E-state index contributed by atoms with van der Waals surface area (Å²) in [6.45, 7) is 1.56. The zero-order valence-electron chi connectivity index (χ0n) is 16.8. The molecule has 0 aromatic heterocycles. The molecule has 0 N–H and O–H groups in total. The summed E-state index contributed by atoms with van der Waals surface area (Å²) < 4.78 is 67.6. The number of rotatable bonds is 3. The summed E-state index contributed by atoms with van der Waals surface area (Å²) in [5.41, 5.74) is -1.20. The van der Waals surface area contributed by atoms with Crippen molar-refractivity contribution in [2.24, 2.45) is 11.8 Å². The minimum absolute atomic E-state index is 0.00929. The van der Waals surface area contributed by atoms with E-state index in [1.807, 2.05) is 0 Å². The van der Waals surface area contributed by atoms with Crippen molar-refractivity contribution in [1.29, 1.82) is 0 Å². The minimum Gasteiger partial charge on any atom is -0.338 e. The third kappa shape index (κ3) is 4.10. The van der Waals surface area contributed by atoms with Crippen LogP contribution >= 0.6 is 0 Å². The van der Waals surface area contributed by atoms with Crippen molar-refractivity contribution in [3.8, 4) is 0 Å². The smallest absolute Gasteiger partial charge is 0.338 e. The maximum absolute atomic E-state index is 13.6. The molecular weight excluding hydrogens is 417 g/mol. The van der Waals surface area contributed by atoms with Gasteiger partial charge in [-0.15, -0.1) is 0 Å². The normalized spacial score (nSPS) is 25.9. The van der Waals surface area contributed by atoms with Crippen molar-refractivity contribution in [1.82, 2.24) is 9.21 Å². The van der Waals surface area contributed by atoms with Gasteiger partial charge in [0.05, 0.1) is 10.5 Å². The first kappa shape index (κ1) is 21.6. The van der Waals surface area contributed by atoms with Crippen molar-refractivity contribution in [3.05, 3.63) is 29.3 Å². The number of amides is 1. The van der Waals surface area contributed by atoms with E-state index >= 15 is 0 Å². The van der Waals surface area contributed by atoms with Crippen molar-refractivity contribution in [2.75, 3.05) is 26.2 Å². The molecule has 0 spiro atoms. The number of carbonyl (C=O) groups is 1. The van der Waals surface area contributed by atoms with Gasteiger partial charge in [-0.05, 0) is 55.7 Å². The molecule has 4 rings (SSSR count). The van der Waals surface area contributed by atoms with Gasteiger partial charge in [-0.2, -0.15) is 17.5 Å². The fraction of sp³-hybridized carbons (Fsp3) is 0.667. The van der Waals surface area contributed by atoms with Crippen LogP contribution in [0, 0.1) is 11.8 Å². The topological polar surface area (TPSA) is 57.7 Å². The van der Waals surface area contributed by atoms with Crippen molar-refractivity contribution >= 4 is 15.9 Å². The molecule has 3 fully saturated rings. The quantitative estimate of drug-likeness (QED) is 0.704. The molecule has 3 aliphatic rings. The lowest BCUT2D eigenvalue weighted by atomic mass is 9.75. The van der Waals surface area contributed by atoms with Crippen LogP contribution in [0.1, 0.15) is 60.9 Å². The molecule has 1 aromatic rings. The first-order chi connectivity index (χ1) is 14.2. The third-order valence-electron chi connectivity index (χ3n) is 6.80. The molecule has 1 aromatic carbocycles. The Morgan fingerprint density at radius 1 is 0.933 bits per heavy atom. The highest BCUT2D eigenvalue weighted by Crippen LogP contribution is 2.38. The molecule has 0 bridgehead atoms. The zero-order valence-corrected chi connectivity index (χ0v) is 17.6. The van der Waals surface area contributed by atoms with Crippen LogP contribution < -0.4 is 0 Å². The number of likely N-dealkylation sites (tertiary alicyclic amines) is 1. The van der Waals surface area contributed by atoms with Crippen LogP contribution in [0.25, 0.3) is 0 Å². The molecule has 2 aliphatic heterocycles. The molecule has 2 atom stereocenters. The zero-order chi connectivity index (χ0) is 21.5. The largest absolute Gasteiger partial charge is 0.417 e. The van der Waals surface area contributed by atoms with Crippen LogP contribution in [-0.4, -0.2) is 49.7 Å². The maximum atomic E-state index is 13.6. The summed E-state index contributed by atoms with van der Waals surface area (Å²) in [5, 5.41) is 0. The van der Waals surface area contributed by atoms with Gasteiger partial charge in [-0.25, -0.2) is 8.42 Å². The molecule has 9 heteroatoms. The van der Waals surface area contributed by atoms with E-state index in [4.69, 9.17) is 0 Å². The van der Waals surface area contributed by atoms with Gasteiger partial charge in [0.2, 0.25) is 10.0 Å². The Bertz CT molecular complexity index is 911. The first-order valence-electron chi connectivity index (χ1n) is 10.7. The Balaban J connectivity index is 1.65. The fourth-order valence-corrected chi connectivity index (χ4v) is 6.89. The lowest BCUT2D eigenvalue weighted by Crippen LogP contribution is -2.44. The van der Waals surface area contributed by atoms with Crippen LogP contribution in [0.3, 0.4) is 0 Å². The van der Waals surface area contributed by atoms with Crippen LogP contribution in [0.15, 0.2) is 23.1 Å². The lowest BCUT2D eigenvalue weighted by molar-refractivity contribution is -0.139. The van der Waals surface area contributed by atoms with E-state index in [1.54, 1.807) is 4.90 Å². The number of hydrogen-bond donors (Lipinski definition) is 0. The van der Waals surface area contributed by atoms with Gasteiger partial charge >= 0.3 is 6.18 Å². The summed E-state index contributed by atoms with van der Waals surface area (Å²) in [7, 11) is -4.32. The Morgan fingerprint density at radius 2 is 1.60 bits per heavy atom. The summed E-state index contributed by atoms with van der Waals surface area (Å²) in [6, 6.07) is 2.79. The molecule has 0 unspecified atom stereocenters. The van der Waals surface area contributed by atoms with E-state index in [1.165, 1.54) is 12.8 Å². The number of piperidine rings is 1. The number of benzene rings is 1. The molecule has 166 valence electrons. The number of halogens is 3. The minimum atomic E-state index is -4.82. The van der Waals surface area contributed by atoms with Crippen LogP contribution in [-0.2, 0) is 16.2 Å². The molecule has 2 saturated heterocycles. The molecule has 1 aliphatic carbocycles. The number of carbonyl (C=O) groups excluding carboxylic acids is 1. The number of hydrogen-bond acceptors (Lipinski definition) is 3. The molecule has 30 heavy (non-hydrogen) atoms. The number of nitrogens with zero attached hydrogens (tertiary/aromatic N) is 2.